The van der Waals surface area contributed by atoms with Gasteiger partial charge in [-0.25, -0.2) is 0 Å². The van der Waals surface area contributed by atoms with Gasteiger partial charge in [0.25, 0.3) is 0 Å². The highest BCUT2D eigenvalue weighted by atomic mass is 79.9. The highest BCUT2D eigenvalue weighted by Gasteiger charge is 2.16. The van der Waals surface area contributed by atoms with Crippen molar-refractivity contribution in [3.63, 3.8) is 0 Å². The molecule has 0 saturated carbocycles. The third kappa shape index (κ3) is 2.27. The predicted molar refractivity (Wildman–Crippen MR) is 82.2 cm³/mol. The van der Waals surface area contributed by atoms with E-state index in [4.69, 9.17) is 0 Å². The number of rotatable bonds is 1. The minimum Gasteiger partial charge on any atom is -0.367 e. The van der Waals surface area contributed by atoms with Crippen molar-refractivity contribution in [2.45, 2.75) is 0 Å². The van der Waals surface area contributed by atoms with Crippen LogP contribution in [-0.2, 0) is 0 Å². The molecule has 1 aromatic heterocycles. The second-order valence-electron chi connectivity index (χ2n) is 4.35. The number of pyridine rings is 1. The molecule has 18 heavy (non-hydrogen) atoms. The zero-order valence-electron chi connectivity index (χ0n) is 9.79. The Morgan fingerprint density at radius 1 is 1.17 bits per heavy atom. The molecular formula is C13H13Br2N3. The number of hydrogen-bond donors (Lipinski definition) is 1. The monoisotopic (exact) mass is 369 g/mol. The highest BCUT2D eigenvalue weighted by molar-refractivity contribution is 9.10. The Morgan fingerprint density at radius 2 is 1.94 bits per heavy atom. The molecule has 2 heterocycles. The van der Waals surface area contributed by atoms with E-state index in [2.05, 4.69) is 65.3 Å². The fraction of sp³-hybridized carbons (Fsp3) is 0.308. The van der Waals surface area contributed by atoms with Gasteiger partial charge in [0.05, 0.1) is 15.7 Å². The van der Waals surface area contributed by atoms with Crippen molar-refractivity contribution in [2.75, 3.05) is 31.1 Å². The van der Waals surface area contributed by atoms with Crippen LogP contribution in [0.25, 0.3) is 10.9 Å². The Kier molecular flexibility index (Phi) is 3.54. The first kappa shape index (κ1) is 12.4. The molecule has 1 fully saturated rings. The second kappa shape index (κ2) is 5.15. The van der Waals surface area contributed by atoms with Crippen molar-refractivity contribution in [3.8, 4) is 0 Å². The molecular weight excluding hydrogens is 358 g/mol. The van der Waals surface area contributed by atoms with E-state index >= 15 is 0 Å². The van der Waals surface area contributed by atoms with Crippen molar-refractivity contribution >= 4 is 48.5 Å². The van der Waals surface area contributed by atoms with Gasteiger partial charge in [0, 0.05) is 42.2 Å². The van der Waals surface area contributed by atoms with Crippen molar-refractivity contribution in [1.29, 1.82) is 0 Å². The summed E-state index contributed by atoms with van der Waals surface area (Å²) in [4.78, 5) is 6.89. The van der Waals surface area contributed by atoms with E-state index in [1.807, 2.05) is 6.20 Å². The van der Waals surface area contributed by atoms with Crippen LogP contribution in [0.15, 0.2) is 33.3 Å². The number of nitrogens with zero attached hydrogens (tertiary/aromatic N) is 2. The molecule has 5 heteroatoms. The number of anilines is 1. The third-order valence-electron chi connectivity index (χ3n) is 3.19. The number of fused-ring (bicyclic) bond motifs is 1. The molecule has 0 unspecified atom stereocenters. The average Bonchev–Trinajstić information content (AvgIpc) is 2.40. The van der Waals surface area contributed by atoms with Gasteiger partial charge in [0.15, 0.2) is 0 Å². The Bertz CT molecular complexity index is 580. The first-order valence-corrected chi connectivity index (χ1v) is 7.54. The van der Waals surface area contributed by atoms with Crippen LogP contribution in [0, 0.1) is 0 Å². The van der Waals surface area contributed by atoms with E-state index < -0.39 is 0 Å². The van der Waals surface area contributed by atoms with Gasteiger partial charge in [0.2, 0.25) is 0 Å². The van der Waals surface area contributed by atoms with E-state index in [0.717, 1.165) is 40.6 Å². The van der Waals surface area contributed by atoms with Gasteiger partial charge in [0.1, 0.15) is 0 Å². The van der Waals surface area contributed by atoms with Gasteiger partial charge >= 0.3 is 0 Å². The Labute approximate surface area is 123 Å². The summed E-state index contributed by atoms with van der Waals surface area (Å²) in [5.74, 6) is 0. The lowest BCUT2D eigenvalue weighted by atomic mass is 10.1. The maximum absolute atomic E-state index is 4.48. The molecule has 0 atom stereocenters. The highest BCUT2D eigenvalue weighted by Crippen LogP contribution is 2.34. The summed E-state index contributed by atoms with van der Waals surface area (Å²) < 4.78 is 2.13. The van der Waals surface area contributed by atoms with Gasteiger partial charge in [-0.15, -0.1) is 0 Å². The van der Waals surface area contributed by atoms with Crippen LogP contribution in [0.3, 0.4) is 0 Å². The molecule has 0 spiro atoms. The normalized spacial score (nSPS) is 16.2. The summed E-state index contributed by atoms with van der Waals surface area (Å²) in [7, 11) is 0. The molecule has 1 aromatic carbocycles. The Hall–Kier alpha value is -0.650. The Balaban J connectivity index is 2.16. The largest absolute Gasteiger partial charge is 0.367 e. The zero-order valence-corrected chi connectivity index (χ0v) is 13.0. The summed E-state index contributed by atoms with van der Waals surface area (Å²) in [5.41, 5.74) is 2.29. The topological polar surface area (TPSA) is 28.2 Å². The number of piperazine rings is 1. The summed E-state index contributed by atoms with van der Waals surface area (Å²) in [6, 6.07) is 6.27. The van der Waals surface area contributed by atoms with Crippen LogP contribution in [0.5, 0.6) is 0 Å². The number of aromatic nitrogens is 1. The van der Waals surface area contributed by atoms with E-state index in [-0.39, 0.29) is 0 Å². The lowest BCUT2D eigenvalue weighted by Crippen LogP contribution is -2.43. The van der Waals surface area contributed by atoms with E-state index in [0.29, 0.717) is 0 Å². The molecule has 0 amide bonds. The van der Waals surface area contributed by atoms with Crippen LogP contribution < -0.4 is 10.2 Å². The molecule has 3 nitrogen and oxygen atoms in total. The molecule has 1 aliphatic heterocycles. The summed E-state index contributed by atoms with van der Waals surface area (Å²) in [6.45, 7) is 4.14. The van der Waals surface area contributed by atoms with Gasteiger partial charge in [-0.3, -0.25) is 4.98 Å². The van der Waals surface area contributed by atoms with E-state index in [1.165, 1.54) is 11.1 Å². The summed E-state index contributed by atoms with van der Waals surface area (Å²) in [6.07, 6.45) is 1.89. The lowest BCUT2D eigenvalue weighted by Gasteiger charge is -2.31. The van der Waals surface area contributed by atoms with Crippen LogP contribution in [0.1, 0.15) is 0 Å². The third-order valence-corrected chi connectivity index (χ3v) is 4.26. The lowest BCUT2D eigenvalue weighted by molar-refractivity contribution is 0.589. The number of benzene rings is 1. The van der Waals surface area contributed by atoms with Crippen molar-refractivity contribution < 1.29 is 0 Å². The molecule has 0 bridgehead atoms. The zero-order chi connectivity index (χ0) is 12.5. The number of halogens is 2. The maximum atomic E-state index is 4.48. The van der Waals surface area contributed by atoms with E-state index in [1.54, 1.807) is 0 Å². The first-order chi connectivity index (χ1) is 8.75. The fourth-order valence-electron chi connectivity index (χ4n) is 2.34. The average molecular weight is 371 g/mol. The molecule has 94 valence electrons. The SMILES string of the molecule is Brc1ccc2c(N3CCNCC3)c(Br)cnc2c1. The van der Waals surface area contributed by atoms with Gasteiger partial charge in [-0.05, 0) is 34.1 Å². The van der Waals surface area contributed by atoms with Crippen LogP contribution >= 0.6 is 31.9 Å². The van der Waals surface area contributed by atoms with Gasteiger partial charge in [-0.1, -0.05) is 15.9 Å². The van der Waals surface area contributed by atoms with Gasteiger partial charge < -0.3 is 10.2 Å². The number of nitrogens with one attached hydrogen (secondary N) is 1. The van der Waals surface area contributed by atoms with Gasteiger partial charge in [-0.2, -0.15) is 0 Å². The van der Waals surface area contributed by atoms with Crippen molar-refractivity contribution in [3.05, 3.63) is 33.3 Å². The molecule has 1 saturated heterocycles. The Morgan fingerprint density at radius 3 is 2.72 bits per heavy atom. The molecule has 1 N–H and O–H groups in total. The minimum atomic E-state index is 1.03. The molecule has 0 radical (unpaired) electrons. The number of hydrogen-bond acceptors (Lipinski definition) is 3. The standard InChI is InChI=1S/C13H13Br2N3/c14-9-1-2-10-12(7-9)17-8-11(15)13(10)18-5-3-16-4-6-18/h1-2,7-8,16H,3-6H2. The summed E-state index contributed by atoms with van der Waals surface area (Å²) in [5, 5.41) is 4.58. The van der Waals surface area contributed by atoms with Crippen LogP contribution in [0.4, 0.5) is 5.69 Å². The minimum absolute atomic E-state index is 1.03. The quantitative estimate of drug-likeness (QED) is 0.835. The van der Waals surface area contributed by atoms with Crippen LogP contribution in [-0.4, -0.2) is 31.2 Å². The molecule has 2 aromatic rings. The van der Waals surface area contributed by atoms with E-state index in [9.17, 15) is 0 Å². The smallest absolute Gasteiger partial charge is 0.0734 e. The molecule has 1 aliphatic rings. The maximum Gasteiger partial charge on any atom is 0.0734 e. The molecule has 3 rings (SSSR count). The second-order valence-corrected chi connectivity index (χ2v) is 6.12. The fourth-order valence-corrected chi connectivity index (χ4v) is 3.25. The van der Waals surface area contributed by atoms with Crippen molar-refractivity contribution in [2.24, 2.45) is 0 Å². The van der Waals surface area contributed by atoms with Crippen molar-refractivity contribution in [1.82, 2.24) is 10.3 Å². The molecule has 0 aliphatic carbocycles. The van der Waals surface area contributed by atoms with Crippen LogP contribution in [0.2, 0.25) is 0 Å². The predicted octanol–water partition coefficient (Wildman–Crippen LogP) is 3.17. The summed E-state index contributed by atoms with van der Waals surface area (Å²) >= 11 is 7.13. The first-order valence-electron chi connectivity index (χ1n) is 5.95.